The number of nitrogens with one attached hydrogen (secondary N) is 1. The third-order valence-corrected chi connectivity index (χ3v) is 3.65. The van der Waals surface area contributed by atoms with Gasteiger partial charge in [-0.05, 0) is 41.0 Å². The van der Waals surface area contributed by atoms with E-state index in [1.54, 1.807) is 0 Å². The molecule has 21 heavy (non-hydrogen) atoms. The lowest BCUT2D eigenvalue weighted by molar-refractivity contribution is -0.115. The Hall–Kier alpha value is -2.61. The molecule has 0 radical (unpaired) electrons. The van der Waals surface area contributed by atoms with E-state index in [2.05, 4.69) is 11.4 Å². The lowest BCUT2D eigenvalue weighted by Crippen LogP contribution is -2.14. The summed E-state index contributed by atoms with van der Waals surface area (Å²) in [6, 6.07) is 22.1. The van der Waals surface area contributed by atoms with Gasteiger partial charge in [0.05, 0.1) is 6.42 Å². The van der Waals surface area contributed by atoms with Crippen LogP contribution in [0.15, 0.2) is 66.7 Å². The van der Waals surface area contributed by atoms with Gasteiger partial charge in [0.15, 0.2) is 0 Å². The van der Waals surface area contributed by atoms with Gasteiger partial charge in [0.2, 0.25) is 5.91 Å². The highest BCUT2D eigenvalue weighted by atomic mass is 16.1. The molecule has 0 spiro atoms. The first-order chi connectivity index (χ1) is 10.2. The molecule has 0 aliphatic heterocycles. The minimum atomic E-state index is 0.0135. The van der Waals surface area contributed by atoms with Crippen LogP contribution in [0.2, 0.25) is 0 Å². The van der Waals surface area contributed by atoms with Gasteiger partial charge in [0, 0.05) is 5.69 Å². The highest BCUT2D eigenvalue weighted by molar-refractivity contribution is 5.95. The van der Waals surface area contributed by atoms with Crippen molar-refractivity contribution < 1.29 is 4.79 Å². The largest absolute Gasteiger partial charge is 0.326 e. The molecule has 104 valence electrons. The standard InChI is InChI=1S/C19H17NO/c1-14-6-2-3-8-16(14)13-19(21)20-18-11-10-15-7-4-5-9-17(15)12-18/h2-12H,13H2,1H3,(H,20,21). The molecule has 0 aliphatic rings. The average molecular weight is 275 g/mol. The molecule has 1 N–H and O–H groups in total. The van der Waals surface area contributed by atoms with E-state index in [-0.39, 0.29) is 5.91 Å². The Kier molecular flexibility index (Phi) is 3.69. The second-order valence-corrected chi connectivity index (χ2v) is 5.21. The molecule has 2 nitrogen and oxygen atoms in total. The fourth-order valence-electron chi connectivity index (χ4n) is 2.45. The maximum absolute atomic E-state index is 12.2. The molecule has 0 saturated heterocycles. The van der Waals surface area contributed by atoms with Crippen LogP contribution < -0.4 is 5.32 Å². The minimum Gasteiger partial charge on any atom is -0.326 e. The van der Waals surface area contributed by atoms with E-state index in [1.165, 1.54) is 5.39 Å². The van der Waals surface area contributed by atoms with E-state index in [0.29, 0.717) is 6.42 Å². The Balaban J connectivity index is 1.75. The summed E-state index contributed by atoms with van der Waals surface area (Å²) in [7, 11) is 0. The third-order valence-electron chi connectivity index (χ3n) is 3.65. The molecule has 0 saturated carbocycles. The van der Waals surface area contributed by atoms with Crippen molar-refractivity contribution in [3.05, 3.63) is 77.9 Å². The molecule has 0 bridgehead atoms. The zero-order chi connectivity index (χ0) is 14.7. The maximum Gasteiger partial charge on any atom is 0.228 e. The van der Waals surface area contributed by atoms with Crippen LogP contribution in [0.3, 0.4) is 0 Å². The molecule has 3 aromatic carbocycles. The number of fused-ring (bicyclic) bond motifs is 1. The number of amides is 1. The van der Waals surface area contributed by atoms with E-state index in [4.69, 9.17) is 0 Å². The fraction of sp³-hybridized carbons (Fsp3) is 0.105. The summed E-state index contributed by atoms with van der Waals surface area (Å²) >= 11 is 0. The lowest BCUT2D eigenvalue weighted by atomic mass is 10.1. The number of benzene rings is 3. The van der Waals surface area contributed by atoms with E-state index in [9.17, 15) is 4.79 Å². The number of hydrogen-bond donors (Lipinski definition) is 1. The molecule has 0 fully saturated rings. The van der Waals surface area contributed by atoms with Gasteiger partial charge in [0.1, 0.15) is 0 Å². The molecular weight excluding hydrogens is 258 g/mol. The van der Waals surface area contributed by atoms with Crippen molar-refractivity contribution in [2.24, 2.45) is 0 Å². The van der Waals surface area contributed by atoms with Gasteiger partial charge in [-0.2, -0.15) is 0 Å². The van der Waals surface area contributed by atoms with Crippen molar-refractivity contribution in [3.63, 3.8) is 0 Å². The predicted molar refractivity (Wildman–Crippen MR) is 87.5 cm³/mol. The lowest BCUT2D eigenvalue weighted by Gasteiger charge is -2.08. The zero-order valence-corrected chi connectivity index (χ0v) is 12.0. The molecule has 0 unspecified atom stereocenters. The normalized spacial score (nSPS) is 10.5. The molecule has 0 aliphatic carbocycles. The second-order valence-electron chi connectivity index (χ2n) is 5.21. The topological polar surface area (TPSA) is 29.1 Å². The van der Waals surface area contributed by atoms with Gasteiger partial charge >= 0.3 is 0 Å². The molecule has 0 aromatic heterocycles. The van der Waals surface area contributed by atoms with Crippen LogP contribution in [0.5, 0.6) is 0 Å². The van der Waals surface area contributed by atoms with Crippen LogP contribution in [0.1, 0.15) is 11.1 Å². The van der Waals surface area contributed by atoms with Crippen LogP contribution in [-0.4, -0.2) is 5.91 Å². The summed E-state index contributed by atoms with van der Waals surface area (Å²) in [6.07, 6.45) is 0.402. The summed E-state index contributed by atoms with van der Waals surface area (Å²) in [6.45, 7) is 2.03. The summed E-state index contributed by atoms with van der Waals surface area (Å²) in [5, 5.41) is 5.28. The molecule has 0 atom stereocenters. The van der Waals surface area contributed by atoms with Crippen molar-refractivity contribution in [3.8, 4) is 0 Å². The average Bonchev–Trinajstić information content (AvgIpc) is 2.49. The molecule has 3 rings (SSSR count). The van der Waals surface area contributed by atoms with Crippen LogP contribution in [0.25, 0.3) is 10.8 Å². The van der Waals surface area contributed by atoms with Crippen molar-refractivity contribution in [2.45, 2.75) is 13.3 Å². The summed E-state index contributed by atoms with van der Waals surface area (Å²) in [4.78, 5) is 12.2. The van der Waals surface area contributed by atoms with Crippen molar-refractivity contribution in [1.29, 1.82) is 0 Å². The van der Waals surface area contributed by atoms with Crippen LogP contribution in [-0.2, 0) is 11.2 Å². The first kappa shape index (κ1) is 13.4. The van der Waals surface area contributed by atoms with Gasteiger partial charge in [-0.15, -0.1) is 0 Å². The fourth-order valence-corrected chi connectivity index (χ4v) is 2.45. The number of aryl methyl sites for hydroxylation is 1. The van der Waals surface area contributed by atoms with Gasteiger partial charge in [0.25, 0.3) is 0 Å². The Morgan fingerprint density at radius 3 is 2.43 bits per heavy atom. The van der Waals surface area contributed by atoms with Crippen molar-refractivity contribution in [1.82, 2.24) is 0 Å². The minimum absolute atomic E-state index is 0.0135. The van der Waals surface area contributed by atoms with E-state index >= 15 is 0 Å². The van der Waals surface area contributed by atoms with Gasteiger partial charge in [-0.1, -0.05) is 54.6 Å². The van der Waals surface area contributed by atoms with Crippen LogP contribution >= 0.6 is 0 Å². The number of rotatable bonds is 3. The second kappa shape index (κ2) is 5.80. The monoisotopic (exact) mass is 275 g/mol. The first-order valence-corrected chi connectivity index (χ1v) is 7.05. The summed E-state index contributed by atoms with van der Waals surface area (Å²) < 4.78 is 0. The van der Waals surface area contributed by atoms with Crippen LogP contribution in [0, 0.1) is 6.92 Å². The van der Waals surface area contributed by atoms with E-state index in [0.717, 1.165) is 22.2 Å². The molecule has 2 heteroatoms. The Morgan fingerprint density at radius 2 is 1.62 bits per heavy atom. The Labute approximate surface area is 124 Å². The maximum atomic E-state index is 12.2. The first-order valence-electron chi connectivity index (χ1n) is 7.05. The number of carbonyl (C=O) groups is 1. The summed E-state index contributed by atoms with van der Waals surface area (Å²) in [5.74, 6) is 0.0135. The quantitative estimate of drug-likeness (QED) is 0.757. The van der Waals surface area contributed by atoms with Gasteiger partial charge < -0.3 is 5.32 Å². The number of hydrogen-bond acceptors (Lipinski definition) is 1. The van der Waals surface area contributed by atoms with Crippen molar-refractivity contribution >= 4 is 22.4 Å². The molecule has 0 heterocycles. The number of anilines is 1. The van der Waals surface area contributed by atoms with Crippen LogP contribution in [0.4, 0.5) is 5.69 Å². The Bertz CT molecular complexity index is 792. The zero-order valence-electron chi connectivity index (χ0n) is 12.0. The molecular formula is C19H17NO. The van der Waals surface area contributed by atoms with E-state index < -0.39 is 0 Å². The van der Waals surface area contributed by atoms with Crippen molar-refractivity contribution in [2.75, 3.05) is 5.32 Å². The highest BCUT2D eigenvalue weighted by Crippen LogP contribution is 2.19. The van der Waals surface area contributed by atoms with Gasteiger partial charge in [-0.3, -0.25) is 4.79 Å². The smallest absolute Gasteiger partial charge is 0.228 e. The van der Waals surface area contributed by atoms with E-state index in [1.807, 2.05) is 67.6 Å². The van der Waals surface area contributed by atoms with Gasteiger partial charge in [-0.25, -0.2) is 0 Å². The third kappa shape index (κ3) is 3.11. The Morgan fingerprint density at radius 1 is 0.905 bits per heavy atom. The number of carbonyl (C=O) groups excluding carboxylic acids is 1. The molecule has 3 aromatic rings. The predicted octanol–water partition coefficient (Wildman–Crippen LogP) is 4.33. The summed E-state index contributed by atoms with van der Waals surface area (Å²) in [5.41, 5.74) is 3.05. The molecule has 1 amide bonds. The highest BCUT2D eigenvalue weighted by Gasteiger charge is 2.06. The SMILES string of the molecule is Cc1ccccc1CC(=O)Nc1ccc2ccccc2c1.